The predicted octanol–water partition coefficient (Wildman–Crippen LogP) is 4.95. The monoisotopic (exact) mass is 296 g/mol. The van der Waals surface area contributed by atoms with Crippen LogP contribution >= 0.6 is 23.2 Å². The summed E-state index contributed by atoms with van der Waals surface area (Å²) in [7, 11) is 0. The molecule has 0 amide bonds. The Morgan fingerprint density at radius 3 is 2.37 bits per heavy atom. The summed E-state index contributed by atoms with van der Waals surface area (Å²) in [5, 5.41) is 0.817. The second-order valence-corrected chi connectivity index (χ2v) is 5.02. The van der Waals surface area contributed by atoms with Gasteiger partial charge in [-0.25, -0.2) is 4.39 Å². The first-order chi connectivity index (χ1) is 9.06. The number of carbonyl (C=O) groups is 1. The summed E-state index contributed by atoms with van der Waals surface area (Å²) >= 11 is 11.6. The molecule has 0 aliphatic rings. The highest BCUT2D eigenvalue weighted by Crippen LogP contribution is 2.20. The van der Waals surface area contributed by atoms with Crippen molar-refractivity contribution in [3.05, 3.63) is 69.5 Å². The maximum atomic E-state index is 12.9. The number of ketones is 1. The lowest BCUT2D eigenvalue weighted by Gasteiger charge is -2.04. The van der Waals surface area contributed by atoms with Crippen molar-refractivity contribution < 1.29 is 9.18 Å². The SMILES string of the molecule is O=C(CCc1ccc(Cl)cc1)c1ccc(F)cc1Cl. The van der Waals surface area contributed by atoms with Crippen molar-refractivity contribution in [2.45, 2.75) is 12.8 Å². The molecular formula is C15H11Cl2FO. The lowest BCUT2D eigenvalue weighted by Crippen LogP contribution is -2.02. The van der Waals surface area contributed by atoms with Gasteiger partial charge in [0, 0.05) is 17.0 Å². The number of benzene rings is 2. The molecule has 0 bridgehead atoms. The lowest BCUT2D eigenvalue weighted by molar-refractivity contribution is 0.0983. The van der Waals surface area contributed by atoms with Crippen LogP contribution in [-0.2, 0) is 6.42 Å². The molecular weight excluding hydrogens is 286 g/mol. The molecule has 0 fully saturated rings. The van der Waals surface area contributed by atoms with Gasteiger partial charge in [0.1, 0.15) is 5.82 Å². The van der Waals surface area contributed by atoms with Crippen LogP contribution in [0.5, 0.6) is 0 Å². The average molecular weight is 297 g/mol. The molecule has 0 saturated carbocycles. The number of aryl methyl sites for hydroxylation is 1. The molecule has 0 radical (unpaired) electrons. The summed E-state index contributed by atoms with van der Waals surface area (Å²) in [6.07, 6.45) is 0.927. The molecule has 0 aliphatic carbocycles. The van der Waals surface area contributed by atoms with E-state index in [0.29, 0.717) is 23.4 Å². The van der Waals surface area contributed by atoms with Crippen LogP contribution in [0.3, 0.4) is 0 Å². The van der Waals surface area contributed by atoms with Gasteiger partial charge in [-0.3, -0.25) is 4.79 Å². The molecule has 1 nitrogen and oxygen atoms in total. The van der Waals surface area contributed by atoms with Crippen molar-refractivity contribution in [1.29, 1.82) is 0 Å². The molecule has 0 spiro atoms. The lowest BCUT2D eigenvalue weighted by atomic mass is 10.0. The summed E-state index contributed by atoms with van der Waals surface area (Å²) in [6, 6.07) is 11.1. The normalized spacial score (nSPS) is 10.5. The standard InChI is InChI=1S/C15H11Cl2FO/c16-11-4-1-10(2-5-11)3-8-15(19)13-7-6-12(18)9-14(13)17/h1-2,4-7,9H,3,8H2. The molecule has 2 aromatic rings. The van der Waals surface area contributed by atoms with Crippen molar-refractivity contribution in [3.8, 4) is 0 Å². The number of rotatable bonds is 4. The van der Waals surface area contributed by atoms with Crippen LogP contribution in [0.25, 0.3) is 0 Å². The predicted molar refractivity (Wildman–Crippen MR) is 75.5 cm³/mol. The first-order valence-corrected chi connectivity index (χ1v) is 6.54. The van der Waals surface area contributed by atoms with Crippen molar-refractivity contribution in [3.63, 3.8) is 0 Å². The van der Waals surface area contributed by atoms with E-state index in [1.165, 1.54) is 12.1 Å². The zero-order valence-corrected chi connectivity index (χ0v) is 11.5. The zero-order valence-electron chi connectivity index (χ0n) is 10.00. The molecule has 2 aromatic carbocycles. The van der Waals surface area contributed by atoms with Gasteiger partial charge in [-0.2, -0.15) is 0 Å². The molecule has 0 heterocycles. The van der Waals surface area contributed by atoms with Gasteiger partial charge in [-0.15, -0.1) is 0 Å². The maximum absolute atomic E-state index is 12.9. The molecule has 0 unspecified atom stereocenters. The highest BCUT2D eigenvalue weighted by molar-refractivity contribution is 6.34. The molecule has 0 atom stereocenters. The van der Waals surface area contributed by atoms with Gasteiger partial charge in [0.05, 0.1) is 5.02 Å². The van der Waals surface area contributed by atoms with Gasteiger partial charge in [0.15, 0.2) is 5.78 Å². The highest BCUT2D eigenvalue weighted by atomic mass is 35.5. The largest absolute Gasteiger partial charge is 0.294 e. The number of Topliss-reactive ketones (excluding diaryl/α,β-unsaturated/α-hetero) is 1. The van der Waals surface area contributed by atoms with Crippen molar-refractivity contribution in [2.75, 3.05) is 0 Å². The number of carbonyl (C=O) groups excluding carboxylic acids is 1. The quantitative estimate of drug-likeness (QED) is 0.730. The fraction of sp³-hybridized carbons (Fsp3) is 0.133. The van der Waals surface area contributed by atoms with Gasteiger partial charge in [-0.05, 0) is 42.3 Å². The van der Waals surface area contributed by atoms with Crippen molar-refractivity contribution >= 4 is 29.0 Å². The number of hydrogen-bond acceptors (Lipinski definition) is 1. The Bertz CT molecular complexity index is 594. The summed E-state index contributed by atoms with van der Waals surface area (Å²) < 4.78 is 12.9. The summed E-state index contributed by atoms with van der Waals surface area (Å²) in [4.78, 5) is 12.0. The molecule has 0 saturated heterocycles. The Kier molecular flexibility index (Phi) is 4.56. The summed E-state index contributed by atoms with van der Waals surface area (Å²) in [5.74, 6) is -0.542. The van der Waals surface area contributed by atoms with Crippen LogP contribution in [0.4, 0.5) is 4.39 Å². The van der Waals surface area contributed by atoms with E-state index in [1.54, 1.807) is 12.1 Å². The Labute approximate surface area is 121 Å². The van der Waals surface area contributed by atoms with E-state index in [1.807, 2.05) is 12.1 Å². The average Bonchev–Trinajstić information content (AvgIpc) is 2.37. The molecule has 19 heavy (non-hydrogen) atoms. The summed E-state index contributed by atoms with van der Waals surface area (Å²) in [6.45, 7) is 0. The number of hydrogen-bond donors (Lipinski definition) is 0. The van der Waals surface area contributed by atoms with E-state index in [2.05, 4.69) is 0 Å². The molecule has 0 aromatic heterocycles. The van der Waals surface area contributed by atoms with Crippen LogP contribution in [0.1, 0.15) is 22.3 Å². The second kappa shape index (κ2) is 6.18. The Morgan fingerprint density at radius 2 is 1.74 bits per heavy atom. The maximum Gasteiger partial charge on any atom is 0.164 e. The molecule has 0 aliphatic heterocycles. The van der Waals surface area contributed by atoms with Gasteiger partial charge in [0.25, 0.3) is 0 Å². The molecule has 2 rings (SSSR count). The van der Waals surface area contributed by atoms with Crippen molar-refractivity contribution in [1.82, 2.24) is 0 Å². The van der Waals surface area contributed by atoms with E-state index in [4.69, 9.17) is 23.2 Å². The number of halogens is 3. The minimum atomic E-state index is -0.445. The van der Waals surface area contributed by atoms with Gasteiger partial charge >= 0.3 is 0 Å². The zero-order chi connectivity index (χ0) is 13.8. The van der Waals surface area contributed by atoms with E-state index in [0.717, 1.165) is 11.6 Å². The van der Waals surface area contributed by atoms with E-state index in [-0.39, 0.29) is 10.8 Å². The van der Waals surface area contributed by atoms with Crippen LogP contribution in [0, 0.1) is 5.82 Å². The topological polar surface area (TPSA) is 17.1 Å². The Balaban J connectivity index is 2.03. The first kappa shape index (κ1) is 14.0. The smallest absolute Gasteiger partial charge is 0.164 e. The van der Waals surface area contributed by atoms with E-state index in [9.17, 15) is 9.18 Å². The Morgan fingerprint density at radius 1 is 1.05 bits per heavy atom. The van der Waals surface area contributed by atoms with Gasteiger partial charge in [0.2, 0.25) is 0 Å². The van der Waals surface area contributed by atoms with Crippen LogP contribution in [-0.4, -0.2) is 5.78 Å². The van der Waals surface area contributed by atoms with Gasteiger partial charge in [-0.1, -0.05) is 35.3 Å². The Hall–Kier alpha value is -1.38. The van der Waals surface area contributed by atoms with Gasteiger partial charge < -0.3 is 0 Å². The third-order valence-electron chi connectivity index (χ3n) is 2.79. The molecule has 0 N–H and O–H groups in total. The van der Waals surface area contributed by atoms with E-state index < -0.39 is 5.82 Å². The minimum absolute atomic E-state index is 0.0973. The minimum Gasteiger partial charge on any atom is -0.294 e. The van der Waals surface area contributed by atoms with Crippen LogP contribution < -0.4 is 0 Å². The summed E-state index contributed by atoms with van der Waals surface area (Å²) in [5.41, 5.74) is 1.38. The van der Waals surface area contributed by atoms with E-state index >= 15 is 0 Å². The first-order valence-electron chi connectivity index (χ1n) is 5.79. The van der Waals surface area contributed by atoms with Crippen LogP contribution in [0.2, 0.25) is 10.0 Å². The fourth-order valence-corrected chi connectivity index (χ4v) is 2.16. The fourth-order valence-electron chi connectivity index (χ4n) is 1.76. The van der Waals surface area contributed by atoms with Crippen molar-refractivity contribution in [2.24, 2.45) is 0 Å². The second-order valence-electron chi connectivity index (χ2n) is 4.17. The molecule has 98 valence electrons. The third-order valence-corrected chi connectivity index (χ3v) is 3.35. The third kappa shape index (κ3) is 3.79. The molecule has 4 heteroatoms. The highest BCUT2D eigenvalue weighted by Gasteiger charge is 2.11. The van der Waals surface area contributed by atoms with Crippen LogP contribution in [0.15, 0.2) is 42.5 Å².